The van der Waals surface area contributed by atoms with Crippen molar-refractivity contribution in [3.63, 3.8) is 0 Å². The third kappa shape index (κ3) is 1.90. The molecule has 116 valence electrons. The minimum atomic E-state index is -0.435. The molecule has 4 aliphatic rings. The monoisotopic (exact) mass is 323 g/mol. The average Bonchev–Trinajstić information content (AvgIpc) is 3.24. The number of nitrogens with zero attached hydrogens (tertiary/aromatic N) is 1. The molecule has 1 aliphatic carbocycles. The van der Waals surface area contributed by atoms with E-state index in [1.54, 1.807) is 17.4 Å². The Labute approximate surface area is 139 Å². The maximum atomic E-state index is 12.1. The molecule has 4 heterocycles. The smallest absolute Gasteiger partial charge is 0.332 e. The summed E-state index contributed by atoms with van der Waals surface area (Å²) in [5.41, 5.74) is 2.62. The van der Waals surface area contributed by atoms with Gasteiger partial charge in [0.2, 0.25) is 0 Å². The highest BCUT2D eigenvalue weighted by Crippen LogP contribution is 2.53. The van der Waals surface area contributed by atoms with Crippen molar-refractivity contribution in [2.45, 2.75) is 43.4 Å². The van der Waals surface area contributed by atoms with Crippen molar-refractivity contribution in [3.8, 4) is 11.8 Å². The minimum absolute atomic E-state index is 0.198. The lowest BCUT2D eigenvalue weighted by Crippen LogP contribution is -2.48. The number of hydrogen-bond acceptors (Lipinski definition) is 4. The molecule has 3 aliphatic heterocycles. The van der Waals surface area contributed by atoms with Crippen LogP contribution < -0.4 is 0 Å². The fourth-order valence-corrected chi connectivity index (χ4v) is 5.23. The van der Waals surface area contributed by atoms with Gasteiger partial charge in [-0.25, -0.2) is 4.79 Å². The highest BCUT2D eigenvalue weighted by Gasteiger charge is 2.61. The van der Waals surface area contributed by atoms with Crippen molar-refractivity contribution >= 4 is 17.3 Å². The number of rotatable bonds is 0. The summed E-state index contributed by atoms with van der Waals surface area (Å²) in [4.78, 5) is 14.6. The topological polar surface area (TPSA) is 29.5 Å². The van der Waals surface area contributed by atoms with Crippen LogP contribution in [0, 0.1) is 11.8 Å². The maximum Gasteiger partial charge on any atom is 0.332 e. The van der Waals surface area contributed by atoms with Crippen LogP contribution in [-0.4, -0.2) is 35.1 Å². The molecule has 2 bridgehead atoms. The highest BCUT2D eigenvalue weighted by molar-refractivity contribution is 7.08. The SMILES string of the molecule is O=C1C=C2C(C#Cc3ccsc3)=C[C@@H]3C[C@@]2(O1)C1CCCCN13. The van der Waals surface area contributed by atoms with Gasteiger partial charge in [0, 0.05) is 40.6 Å². The molecule has 0 radical (unpaired) electrons. The Morgan fingerprint density at radius 3 is 3.17 bits per heavy atom. The number of fused-ring (bicyclic) bond motifs is 3. The summed E-state index contributed by atoms with van der Waals surface area (Å²) in [7, 11) is 0. The zero-order valence-electron chi connectivity index (χ0n) is 12.7. The molecule has 1 spiro atoms. The first-order chi connectivity index (χ1) is 11.3. The lowest BCUT2D eigenvalue weighted by molar-refractivity contribution is -0.148. The quantitative estimate of drug-likeness (QED) is 0.543. The second-order valence-corrected chi connectivity index (χ2v) is 7.51. The van der Waals surface area contributed by atoms with Crippen molar-refractivity contribution in [1.29, 1.82) is 0 Å². The van der Waals surface area contributed by atoms with Crippen LogP contribution in [0.2, 0.25) is 0 Å². The number of hydrogen-bond donors (Lipinski definition) is 0. The van der Waals surface area contributed by atoms with E-state index in [-0.39, 0.29) is 5.97 Å². The van der Waals surface area contributed by atoms with Crippen molar-refractivity contribution in [1.82, 2.24) is 4.90 Å². The van der Waals surface area contributed by atoms with E-state index >= 15 is 0 Å². The predicted molar refractivity (Wildman–Crippen MR) is 88.9 cm³/mol. The number of thiophene rings is 1. The largest absolute Gasteiger partial charge is 0.449 e. The van der Waals surface area contributed by atoms with Gasteiger partial charge in [-0.2, -0.15) is 11.3 Å². The molecule has 1 unspecified atom stereocenters. The molecule has 0 amide bonds. The predicted octanol–water partition coefficient (Wildman–Crippen LogP) is 2.89. The summed E-state index contributed by atoms with van der Waals surface area (Å²) in [6.07, 6.45) is 8.41. The molecule has 1 aromatic rings. The van der Waals surface area contributed by atoms with E-state index in [0.717, 1.165) is 36.1 Å². The van der Waals surface area contributed by atoms with Crippen LogP contribution in [-0.2, 0) is 9.53 Å². The van der Waals surface area contributed by atoms with Gasteiger partial charge in [-0.05, 0) is 30.8 Å². The lowest BCUT2D eigenvalue weighted by atomic mass is 9.77. The molecule has 2 fully saturated rings. The molecule has 0 N–H and O–H groups in total. The summed E-state index contributed by atoms with van der Waals surface area (Å²) in [5.74, 6) is 6.35. The van der Waals surface area contributed by atoms with Crippen LogP contribution in [0.1, 0.15) is 31.2 Å². The van der Waals surface area contributed by atoms with E-state index in [1.165, 1.54) is 12.8 Å². The van der Waals surface area contributed by atoms with Crippen LogP contribution in [0.4, 0.5) is 0 Å². The molecule has 4 heteroatoms. The first-order valence-corrected chi connectivity index (χ1v) is 9.18. The Kier molecular flexibility index (Phi) is 2.86. The molecule has 0 aromatic carbocycles. The van der Waals surface area contributed by atoms with Gasteiger partial charge in [-0.1, -0.05) is 24.3 Å². The lowest BCUT2D eigenvalue weighted by Gasteiger charge is -2.38. The third-order valence-corrected chi connectivity index (χ3v) is 6.22. The molecule has 23 heavy (non-hydrogen) atoms. The van der Waals surface area contributed by atoms with Gasteiger partial charge in [0.25, 0.3) is 0 Å². The van der Waals surface area contributed by atoms with E-state index in [2.05, 4.69) is 28.2 Å². The maximum absolute atomic E-state index is 12.1. The fourth-order valence-electron chi connectivity index (χ4n) is 4.65. The Morgan fingerprint density at radius 2 is 2.30 bits per heavy atom. The first-order valence-electron chi connectivity index (χ1n) is 8.24. The number of carbonyl (C=O) groups excluding carboxylic acids is 1. The first kappa shape index (κ1) is 13.6. The van der Waals surface area contributed by atoms with Crippen molar-refractivity contribution < 1.29 is 9.53 Å². The van der Waals surface area contributed by atoms with Crippen LogP contribution in [0.3, 0.4) is 0 Å². The zero-order chi connectivity index (χ0) is 15.4. The number of carbonyl (C=O) groups is 1. The molecule has 3 atom stereocenters. The number of piperidine rings is 1. The molecule has 5 rings (SSSR count). The molecular formula is C19H17NO2S. The van der Waals surface area contributed by atoms with Gasteiger partial charge in [0.05, 0.1) is 6.04 Å². The van der Waals surface area contributed by atoms with Gasteiger partial charge < -0.3 is 4.74 Å². The van der Waals surface area contributed by atoms with E-state index in [9.17, 15) is 4.79 Å². The Morgan fingerprint density at radius 1 is 1.35 bits per heavy atom. The summed E-state index contributed by atoms with van der Waals surface area (Å²) >= 11 is 1.65. The Balaban J connectivity index is 1.60. The van der Waals surface area contributed by atoms with Crippen LogP contribution in [0.25, 0.3) is 0 Å². The van der Waals surface area contributed by atoms with E-state index in [1.807, 2.05) is 11.4 Å². The van der Waals surface area contributed by atoms with Gasteiger partial charge >= 0.3 is 5.97 Å². The van der Waals surface area contributed by atoms with Crippen molar-refractivity contribution in [2.75, 3.05) is 6.54 Å². The minimum Gasteiger partial charge on any atom is -0.449 e. The summed E-state index contributed by atoms with van der Waals surface area (Å²) in [6, 6.07) is 2.71. The van der Waals surface area contributed by atoms with E-state index in [0.29, 0.717) is 12.1 Å². The normalized spacial score (nSPS) is 34.7. The highest BCUT2D eigenvalue weighted by atomic mass is 32.1. The number of esters is 1. The molecule has 2 saturated heterocycles. The van der Waals surface area contributed by atoms with Crippen LogP contribution in [0.15, 0.2) is 40.1 Å². The Bertz CT molecular complexity index is 795. The van der Waals surface area contributed by atoms with Crippen LogP contribution >= 0.6 is 11.3 Å². The second-order valence-electron chi connectivity index (χ2n) is 6.73. The summed E-state index contributed by atoms with van der Waals surface area (Å²) in [5, 5.41) is 4.08. The zero-order valence-corrected chi connectivity index (χ0v) is 13.6. The number of ether oxygens (including phenoxy) is 1. The van der Waals surface area contributed by atoms with Crippen molar-refractivity contribution in [2.24, 2.45) is 0 Å². The molecular weight excluding hydrogens is 306 g/mol. The average molecular weight is 323 g/mol. The summed E-state index contributed by atoms with van der Waals surface area (Å²) in [6.45, 7) is 1.10. The van der Waals surface area contributed by atoms with Gasteiger partial charge in [-0.15, -0.1) is 0 Å². The van der Waals surface area contributed by atoms with Gasteiger partial charge in [0.15, 0.2) is 5.60 Å². The fraction of sp³-hybridized carbons (Fsp3) is 0.421. The van der Waals surface area contributed by atoms with Gasteiger partial charge in [0.1, 0.15) is 0 Å². The van der Waals surface area contributed by atoms with Crippen LogP contribution in [0.5, 0.6) is 0 Å². The summed E-state index contributed by atoms with van der Waals surface area (Å²) < 4.78 is 5.90. The van der Waals surface area contributed by atoms with E-state index in [4.69, 9.17) is 4.74 Å². The molecule has 3 nitrogen and oxygen atoms in total. The van der Waals surface area contributed by atoms with Gasteiger partial charge in [-0.3, -0.25) is 4.90 Å². The Hall–Kier alpha value is -1.83. The van der Waals surface area contributed by atoms with E-state index < -0.39 is 5.60 Å². The molecule has 0 saturated carbocycles. The third-order valence-electron chi connectivity index (χ3n) is 5.53. The molecule has 1 aromatic heterocycles. The van der Waals surface area contributed by atoms with Crippen molar-refractivity contribution in [3.05, 3.63) is 45.7 Å². The standard InChI is InChI=1S/C19H17NO2S/c21-18-10-16-14(5-4-13-6-8-23-12-13)9-15-11-19(16,22-18)17-3-1-2-7-20(15)17/h6,8-10,12,15,17H,1-3,7,11H2/t15-,17?,19+/m1/s1. The second kappa shape index (κ2) is 4.83.